The summed E-state index contributed by atoms with van der Waals surface area (Å²) >= 11 is 0. The molecule has 2 atom stereocenters. The van der Waals surface area contributed by atoms with Crippen molar-refractivity contribution in [2.75, 3.05) is 18.4 Å². The molecule has 0 aliphatic carbocycles. The second kappa shape index (κ2) is 11.6. The van der Waals surface area contributed by atoms with Crippen LogP contribution in [0.3, 0.4) is 0 Å². The fourth-order valence-corrected chi connectivity index (χ4v) is 4.40. The van der Waals surface area contributed by atoms with Crippen molar-refractivity contribution >= 4 is 23.4 Å². The van der Waals surface area contributed by atoms with Crippen molar-refractivity contribution in [1.29, 1.82) is 0 Å². The van der Waals surface area contributed by atoms with Gasteiger partial charge >= 0.3 is 0 Å². The zero-order valence-electron chi connectivity index (χ0n) is 20.2. The van der Waals surface area contributed by atoms with Crippen LogP contribution < -0.4 is 10.6 Å². The van der Waals surface area contributed by atoms with Crippen molar-refractivity contribution in [2.24, 2.45) is 5.92 Å². The molecule has 1 aliphatic rings. The van der Waals surface area contributed by atoms with E-state index in [-0.39, 0.29) is 41.9 Å². The number of amides is 3. The Bertz CT molecular complexity index is 1210. The van der Waals surface area contributed by atoms with Crippen LogP contribution >= 0.6 is 0 Å². The van der Waals surface area contributed by atoms with Gasteiger partial charge < -0.3 is 15.5 Å². The maximum absolute atomic E-state index is 13.1. The van der Waals surface area contributed by atoms with E-state index in [9.17, 15) is 18.8 Å². The molecule has 1 heterocycles. The standard InChI is InChI=1S/C29H30FN3O3/c1-20(23-9-5-11-26(18-23)32-28(35)22-7-3-2-4-8-22)31-29(36)24-10-6-16-33(19-24)27(34)17-21-12-14-25(30)15-13-21/h2-5,7-9,11-15,18,20,24H,6,10,16-17,19H2,1H3,(H,31,36)(H,32,35). The number of nitrogens with zero attached hydrogens (tertiary/aromatic N) is 1. The van der Waals surface area contributed by atoms with Gasteiger partial charge in [0.1, 0.15) is 5.82 Å². The maximum Gasteiger partial charge on any atom is 0.255 e. The van der Waals surface area contributed by atoms with Crippen LogP contribution in [-0.2, 0) is 16.0 Å². The third kappa shape index (κ3) is 6.56. The number of carbonyl (C=O) groups is 3. The van der Waals surface area contributed by atoms with Gasteiger partial charge in [-0.3, -0.25) is 14.4 Å². The molecule has 3 amide bonds. The van der Waals surface area contributed by atoms with Gasteiger partial charge in [-0.25, -0.2) is 4.39 Å². The quantitative estimate of drug-likeness (QED) is 0.506. The van der Waals surface area contributed by atoms with Gasteiger partial charge in [0, 0.05) is 24.3 Å². The molecular formula is C29H30FN3O3. The molecule has 2 N–H and O–H groups in total. The number of piperidine rings is 1. The average molecular weight is 488 g/mol. The van der Waals surface area contributed by atoms with E-state index >= 15 is 0 Å². The lowest BCUT2D eigenvalue weighted by atomic mass is 9.95. The summed E-state index contributed by atoms with van der Waals surface area (Å²) < 4.78 is 13.1. The minimum atomic E-state index is -0.334. The number of carbonyl (C=O) groups excluding carboxylic acids is 3. The second-order valence-corrected chi connectivity index (χ2v) is 9.16. The van der Waals surface area contributed by atoms with E-state index in [2.05, 4.69) is 10.6 Å². The summed E-state index contributed by atoms with van der Waals surface area (Å²) in [6.45, 7) is 2.88. The average Bonchev–Trinajstić information content (AvgIpc) is 2.90. The third-order valence-electron chi connectivity index (χ3n) is 6.45. The van der Waals surface area contributed by atoms with Crippen LogP contribution in [0, 0.1) is 11.7 Å². The summed E-state index contributed by atoms with van der Waals surface area (Å²) in [7, 11) is 0. The summed E-state index contributed by atoms with van der Waals surface area (Å²) in [4.78, 5) is 40.0. The number of hydrogen-bond donors (Lipinski definition) is 2. The molecule has 0 spiro atoms. The molecule has 0 bridgehead atoms. The van der Waals surface area contributed by atoms with Gasteiger partial charge in [0.05, 0.1) is 18.4 Å². The first-order valence-corrected chi connectivity index (χ1v) is 12.2. The molecule has 1 aliphatic heterocycles. The predicted octanol–water partition coefficient (Wildman–Crippen LogP) is 4.74. The van der Waals surface area contributed by atoms with Crippen LogP contribution in [0.5, 0.6) is 0 Å². The largest absolute Gasteiger partial charge is 0.349 e. The second-order valence-electron chi connectivity index (χ2n) is 9.16. The molecule has 7 heteroatoms. The Labute approximate surface area is 210 Å². The summed E-state index contributed by atoms with van der Waals surface area (Å²) in [5, 5.41) is 5.96. The SMILES string of the molecule is CC(NC(=O)C1CCCN(C(=O)Cc2ccc(F)cc2)C1)c1cccc(NC(=O)c2ccccc2)c1. The normalized spacial score (nSPS) is 16.2. The van der Waals surface area contributed by atoms with Gasteiger partial charge in [-0.1, -0.05) is 42.5 Å². The number of halogens is 1. The fourth-order valence-electron chi connectivity index (χ4n) is 4.40. The summed E-state index contributed by atoms with van der Waals surface area (Å²) in [6.07, 6.45) is 1.65. The Morgan fingerprint density at radius 1 is 1.00 bits per heavy atom. The maximum atomic E-state index is 13.1. The summed E-state index contributed by atoms with van der Waals surface area (Å²) in [5.41, 5.74) is 2.84. The molecule has 0 radical (unpaired) electrons. The van der Waals surface area contributed by atoms with E-state index in [0.717, 1.165) is 17.5 Å². The van der Waals surface area contributed by atoms with Crippen LogP contribution in [-0.4, -0.2) is 35.7 Å². The lowest BCUT2D eigenvalue weighted by molar-refractivity contribution is -0.135. The molecular weight excluding hydrogens is 457 g/mol. The highest BCUT2D eigenvalue weighted by molar-refractivity contribution is 6.04. The van der Waals surface area contributed by atoms with Crippen LogP contribution in [0.2, 0.25) is 0 Å². The topological polar surface area (TPSA) is 78.5 Å². The molecule has 2 unspecified atom stereocenters. The Kier molecular flexibility index (Phi) is 8.10. The first-order valence-electron chi connectivity index (χ1n) is 12.2. The zero-order valence-corrected chi connectivity index (χ0v) is 20.2. The van der Waals surface area contributed by atoms with Crippen molar-refractivity contribution in [3.05, 3.63) is 101 Å². The first-order chi connectivity index (χ1) is 17.4. The minimum Gasteiger partial charge on any atom is -0.349 e. The number of anilines is 1. The van der Waals surface area contributed by atoms with Gasteiger partial charge in [0.25, 0.3) is 5.91 Å². The molecule has 1 saturated heterocycles. The Morgan fingerprint density at radius 3 is 2.50 bits per heavy atom. The smallest absolute Gasteiger partial charge is 0.255 e. The van der Waals surface area contributed by atoms with Crippen LogP contribution in [0.25, 0.3) is 0 Å². The van der Waals surface area contributed by atoms with E-state index < -0.39 is 0 Å². The van der Waals surface area contributed by atoms with Crippen LogP contribution in [0.15, 0.2) is 78.9 Å². The Morgan fingerprint density at radius 2 is 1.75 bits per heavy atom. The third-order valence-corrected chi connectivity index (χ3v) is 6.45. The van der Waals surface area contributed by atoms with Crippen molar-refractivity contribution in [3.8, 4) is 0 Å². The van der Waals surface area contributed by atoms with E-state index in [4.69, 9.17) is 0 Å². The molecule has 4 rings (SSSR count). The highest BCUT2D eigenvalue weighted by Crippen LogP contribution is 2.22. The number of rotatable bonds is 7. The van der Waals surface area contributed by atoms with Crippen molar-refractivity contribution in [2.45, 2.75) is 32.2 Å². The minimum absolute atomic E-state index is 0.0611. The lowest BCUT2D eigenvalue weighted by Crippen LogP contribution is -2.46. The van der Waals surface area contributed by atoms with Gasteiger partial charge in [0.2, 0.25) is 11.8 Å². The van der Waals surface area contributed by atoms with Gasteiger partial charge in [-0.2, -0.15) is 0 Å². The molecule has 0 aromatic heterocycles. The number of benzene rings is 3. The monoisotopic (exact) mass is 487 g/mol. The molecule has 186 valence electrons. The summed E-state index contributed by atoms with van der Waals surface area (Å²) in [6, 6.07) is 22.0. The molecule has 36 heavy (non-hydrogen) atoms. The number of nitrogens with one attached hydrogen (secondary N) is 2. The highest BCUT2D eigenvalue weighted by Gasteiger charge is 2.29. The molecule has 6 nitrogen and oxygen atoms in total. The van der Waals surface area contributed by atoms with Crippen LogP contribution in [0.4, 0.5) is 10.1 Å². The van der Waals surface area contributed by atoms with Gasteiger partial charge in [0.15, 0.2) is 0 Å². The van der Waals surface area contributed by atoms with Crippen molar-refractivity contribution in [3.63, 3.8) is 0 Å². The van der Waals surface area contributed by atoms with Gasteiger partial charge in [-0.15, -0.1) is 0 Å². The Balaban J connectivity index is 1.33. The van der Waals surface area contributed by atoms with E-state index in [1.54, 1.807) is 29.2 Å². The number of likely N-dealkylation sites (tertiary alicyclic amines) is 1. The molecule has 1 fully saturated rings. The van der Waals surface area contributed by atoms with Crippen molar-refractivity contribution < 1.29 is 18.8 Å². The number of hydrogen-bond acceptors (Lipinski definition) is 3. The summed E-state index contributed by atoms with van der Waals surface area (Å²) in [5.74, 6) is -0.981. The van der Waals surface area contributed by atoms with Crippen LogP contribution in [0.1, 0.15) is 47.3 Å². The van der Waals surface area contributed by atoms with E-state index in [1.165, 1.54) is 12.1 Å². The highest BCUT2D eigenvalue weighted by atomic mass is 19.1. The molecule has 3 aromatic carbocycles. The van der Waals surface area contributed by atoms with Gasteiger partial charge in [-0.05, 0) is 67.3 Å². The lowest BCUT2D eigenvalue weighted by Gasteiger charge is -2.33. The van der Waals surface area contributed by atoms with E-state index in [0.29, 0.717) is 30.8 Å². The van der Waals surface area contributed by atoms with Crippen molar-refractivity contribution in [1.82, 2.24) is 10.2 Å². The first kappa shape index (κ1) is 25.1. The molecule has 3 aromatic rings. The van der Waals surface area contributed by atoms with E-state index in [1.807, 2.05) is 49.4 Å². The molecule has 0 saturated carbocycles. The predicted molar refractivity (Wildman–Crippen MR) is 137 cm³/mol. The fraction of sp³-hybridized carbons (Fsp3) is 0.276. The zero-order chi connectivity index (χ0) is 25.5. The Hall–Kier alpha value is -4.00.